The number of thiazole rings is 1. The van der Waals surface area contributed by atoms with Crippen LogP contribution in [0.5, 0.6) is 0 Å². The summed E-state index contributed by atoms with van der Waals surface area (Å²) >= 11 is 1.42. The fraction of sp³-hybridized carbons (Fsp3) is 0.462. The molecule has 2 heterocycles. The van der Waals surface area contributed by atoms with Gasteiger partial charge in [0.05, 0.1) is 10.4 Å². The number of rotatable bonds is 6. The van der Waals surface area contributed by atoms with Gasteiger partial charge in [-0.1, -0.05) is 0 Å². The van der Waals surface area contributed by atoms with Gasteiger partial charge in [-0.3, -0.25) is 0 Å². The first-order chi connectivity index (χ1) is 9.80. The van der Waals surface area contributed by atoms with Gasteiger partial charge in [0, 0.05) is 36.6 Å². The van der Waals surface area contributed by atoms with E-state index >= 15 is 0 Å². The second-order valence-electron chi connectivity index (χ2n) is 5.23. The van der Waals surface area contributed by atoms with Gasteiger partial charge in [0.1, 0.15) is 5.01 Å². The zero-order valence-electron chi connectivity index (χ0n) is 12.3. The van der Waals surface area contributed by atoms with Crippen LogP contribution >= 0.6 is 11.3 Å². The molecular formula is C13H20N4O2S2. The average Bonchev–Trinajstić information content (AvgIpc) is 3.07. The lowest BCUT2D eigenvalue weighted by Gasteiger charge is -2.23. The number of hydrogen-bond donors (Lipinski definition) is 2. The third kappa shape index (κ3) is 3.34. The van der Waals surface area contributed by atoms with Crippen LogP contribution in [0.25, 0.3) is 0 Å². The predicted octanol–water partition coefficient (Wildman–Crippen LogP) is 1.64. The highest BCUT2D eigenvalue weighted by atomic mass is 32.2. The summed E-state index contributed by atoms with van der Waals surface area (Å²) in [7, 11) is -3.63. The Kier molecular flexibility index (Phi) is 4.52. The van der Waals surface area contributed by atoms with E-state index in [9.17, 15) is 8.42 Å². The molecule has 2 aromatic heterocycles. The lowest BCUT2D eigenvalue weighted by Crippen LogP contribution is -2.40. The third-order valence-electron chi connectivity index (χ3n) is 3.18. The maximum Gasteiger partial charge on any atom is 0.242 e. The molecule has 0 bridgehead atoms. The van der Waals surface area contributed by atoms with Crippen molar-refractivity contribution in [1.82, 2.24) is 14.3 Å². The van der Waals surface area contributed by atoms with E-state index in [1.54, 1.807) is 32.3 Å². The Hall–Kier alpha value is -1.22. The summed E-state index contributed by atoms with van der Waals surface area (Å²) in [5, 5.41) is 2.55. The van der Waals surface area contributed by atoms with Gasteiger partial charge in [-0.25, -0.2) is 13.4 Å². The van der Waals surface area contributed by atoms with Crippen molar-refractivity contribution in [1.29, 1.82) is 0 Å². The highest BCUT2D eigenvalue weighted by Crippen LogP contribution is 2.25. The molecular weight excluding hydrogens is 308 g/mol. The Balaban J connectivity index is 2.32. The first kappa shape index (κ1) is 16.2. The Morgan fingerprint density at radius 1 is 1.48 bits per heavy atom. The molecule has 0 fully saturated rings. The van der Waals surface area contributed by atoms with Gasteiger partial charge >= 0.3 is 0 Å². The molecule has 2 rings (SSSR count). The molecule has 6 nitrogen and oxygen atoms in total. The maximum absolute atomic E-state index is 12.6. The topological polar surface area (TPSA) is 90.0 Å². The lowest BCUT2D eigenvalue weighted by molar-refractivity contribution is 0.470. The van der Waals surface area contributed by atoms with Crippen LogP contribution in [0.3, 0.4) is 0 Å². The molecule has 0 aliphatic rings. The molecule has 0 aromatic carbocycles. The van der Waals surface area contributed by atoms with Crippen molar-refractivity contribution in [3.05, 3.63) is 34.5 Å². The van der Waals surface area contributed by atoms with E-state index in [1.807, 2.05) is 16.9 Å². The molecule has 0 spiro atoms. The SMILES string of the molecule is CCn1cc(S(=O)(=O)NC(C)(C)c2nccs2)cc1CN. The Bertz CT molecular complexity index is 681. The van der Waals surface area contributed by atoms with Crippen molar-refractivity contribution in [3.63, 3.8) is 0 Å². The van der Waals surface area contributed by atoms with Gasteiger partial charge in [-0.05, 0) is 26.8 Å². The zero-order chi connectivity index (χ0) is 15.7. The van der Waals surface area contributed by atoms with Crippen LogP contribution < -0.4 is 10.5 Å². The third-order valence-corrected chi connectivity index (χ3v) is 5.90. The van der Waals surface area contributed by atoms with Gasteiger partial charge in [-0.15, -0.1) is 11.3 Å². The van der Waals surface area contributed by atoms with Crippen LogP contribution in [-0.4, -0.2) is 18.0 Å². The number of nitrogens with two attached hydrogens (primary N) is 1. The van der Waals surface area contributed by atoms with E-state index in [2.05, 4.69) is 9.71 Å². The summed E-state index contributed by atoms with van der Waals surface area (Å²) in [6.07, 6.45) is 3.28. The normalized spacial score (nSPS) is 12.8. The number of hydrogen-bond acceptors (Lipinski definition) is 5. The van der Waals surface area contributed by atoms with Crippen LogP contribution in [0, 0.1) is 0 Å². The summed E-state index contributed by atoms with van der Waals surface area (Å²) in [6.45, 7) is 6.52. The number of nitrogens with zero attached hydrogens (tertiary/aromatic N) is 2. The van der Waals surface area contributed by atoms with Crippen LogP contribution in [0.1, 0.15) is 31.5 Å². The highest BCUT2D eigenvalue weighted by molar-refractivity contribution is 7.89. The molecule has 0 saturated heterocycles. The first-order valence-electron chi connectivity index (χ1n) is 6.63. The summed E-state index contributed by atoms with van der Waals surface area (Å²) in [4.78, 5) is 4.42. The summed E-state index contributed by atoms with van der Waals surface area (Å²) in [5.41, 5.74) is 5.68. The van der Waals surface area contributed by atoms with Crippen LogP contribution in [-0.2, 0) is 28.7 Å². The smallest absolute Gasteiger partial charge is 0.242 e. The molecule has 0 aliphatic heterocycles. The van der Waals surface area contributed by atoms with Gasteiger partial charge in [-0.2, -0.15) is 4.72 Å². The highest BCUT2D eigenvalue weighted by Gasteiger charge is 2.30. The summed E-state index contributed by atoms with van der Waals surface area (Å²) in [5.74, 6) is 0. The molecule has 21 heavy (non-hydrogen) atoms. The van der Waals surface area contributed by atoms with Gasteiger partial charge in [0.25, 0.3) is 0 Å². The minimum absolute atomic E-state index is 0.231. The second kappa shape index (κ2) is 5.88. The second-order valence-corrected chi connectivity index (χ2v) is 7.80. The van der Waals surface area contributed by atoms with Crippen molar-refractivity contribution >= 4 is 21.4 Å². The molecule has 0 amide bonds. The van der Waals surface area contributed by atoms with Crippen molar-refractivity contribution in [2.75, 3.05) is 0 Å². The molecule has 8 heteroatoms. The monoisotopic (exact) mass is 328 g/mol. The van der Waals surface area contributed by atoms with E-state index in [4.69, 9.17) is 5.73 Å². The Morgan fingerprint density at radius 3 is 2.67 bits per heavy atom. The molecule has 0 atom stereocenters. The lowest BCUT2D eigenvalue weighted by atomic mass is 10.1. The predicted molar refractivity (Wildman–Crippen MR) is 83.5 cm³/mol. The van der Waals surface area contributed by atoms with Crippen LogP contribution in [0.15, 0.2) is 28.7 Å². The number of aromatic nitrogens is 2. The minimum Gasteiger partial charge on any atom is -0.349 e. The van der Waals surface area contributed by atoms with Crippen molar-refractivity contribution in [2.24, 2.45) is 5.73 Å². The quantitative estimate of drug-likeness (QED) is 0.843. The zero-order valence-corrected chi connectivity index (χ0v) is 14.0. The number of nitrogens with one attached hydrogen (secondary N) is 1. The Labute approximate surface area is 129 Å². The molecule has 0 saturated carbocycles. The fourth-order valence-corrected chi connectivity index (χ4v) is 4.34. The van der Waals surface area contributed by atoms with E-state index in [0.29, 0.717) is 13.1 Å². The van der Waals surface area contributed by atoms with Crippen molar-refractivity contribution in [2.45, 2.75) is 44.3 Å². The van der Waals surface area contributed by atoms with Gasteiger partial charge < -0.3 is 10.3 Å². The van der Waals surface area contributed by atoms with Crippen molar-refractivity contribution in [3.8, 4) is 0 Å². The van der Waals surface area contributed by atoms with Gasteiger partial charge in [0.2, 0.25) is 10.0 Å². The molecule has 0 aliphatic carbocycles. The summed E-state index contributed by atoms with van der Waals surface area (Å²) in [6, 6.07) is 1.61. The largest absolute Gasteiger partial charge is 0.349 e. The standard InChI is InChI=1S/C13H20N4O2S2/c1-4-17-9-11(7-10(17)8-14)21(18,19)16-13(2,3)12-15-5-6-20-12/h5-7,9,16H,4,8,14H2,1-3H3. The van der Waals surface area contributed by atoms with Crippen LogP contribution in [0.4, 0.5) is 0 Å². The molecule has 3 N–H and O–H groups in total. The first-order valence-corrected chi connectivity index (χ1v) is 8.99. The average molecular weight is 328 g/mol. The van der Waals surface area contributed by atoms with E-state index < -0.39 is 15.6 Å². The Morgan fingerprint density at radius 2 is 2.19 bits per heavy atom. The maximum atomic E-state index is 12.6. The molecule has 0 unspecified atom stereocenters. The van der Waals surface area contributed by atoms with E-state index in [1.165, 1.54) is 11.3 Å². The minimum atomic E-state index is -3.63. The molecule has 116 valence electrons. The number of aryl methyl sites for hydroxylation is 1. The molecule has 2 aromatic rings. The van der Waals surface area contributed by atoms with Crippen LogP contribution in [0.2, 0.25) is 0 Å². The fourth-order valence-electron chi connectivity index (χ4n) is 2.11. The van der Waals surface area contributed by atoms with E-state index in [0.717, 1.165) is 10.7 Å². The number of sulfonamides is 1. The molecule has 0 radical (unpaired) electrons. The van der Waals surface area contributed by atoms with E-state index in [-0.39, 0.29) is 4.90 Å². The summed E-state index contributed by atoms with van der Waals surface area (Å²) < 4.78 is 29.6. The van der Waals surface area contributed by atoms with Gasteiger partial charge in [0.15, 0.2) is 0 Å². The van der Waals surface area contributed by atoms with Crippen molar-refractivity contribution < 1.29 is 8.42 Å².